The standard InChI is InChI=1S/C21H25NO4/c1-21(12-13-22(2)20(23)26-21)17-9-10-18(24-3)19(15-17)25-14-11-16-7-5-4-6-8-16/h4-10,15H,11-14H2,1-3H3. The van der Waals surface area contributed by atoms with E-state index in [9.17, 15) is 4.79 Å². The van der Waals surface area contributed by atoms with Gasteiger partial charge in [0.15, 0.2) is 11.5 Å². The number of hydrogen-bond donors (Lipinski definition) is 0. The first-order chi connectivity index (χ1) is 12.5. The maximum Gasteiger partial charge on any atom is 0.410 e. The van der Waals surface area contributed by atoms with Crippen LogP contribution in [0.15, 0.2) is 48.5 Å². The average Bonchev–Trinajstić information content (AvgIpc) is 2.66. The minimum absolute atomic E-state index is 0.305. The summed E-state index contributed by atoms with van der Waals surface area (Å²) in [5, 5.41) is 0. The van der Waals surface area contributed by atoms with Gasteiger partial charge < -0.3 is 19.1 Å². The molecule has 5 nitrogen and oxygen atoms in total. The maximum absolute atomic E-state index is 12.0. The Morgan fingerprint density at radius 2 is 1.92 bits per heavy atom. The van der Waals surface area contributed by atoms with Gasteiger partial charge >= 0.3 is 6.09 Å². The van der Waals surface area contributed by atoms with Gasteiger partial charge in [-0.15, -0.1) is 0 Å². The fourth-order valence-corrected chi connectivity index (χ4v) is 3.04. The van der Waals surface area contributed by atoms with Gasteiger partial charge in [-0.3, -0.25) is 0 Å². The second-order valence-electron chi connectivity index (χ2n) is 6.72. The number of rotatable bonds is 6. The van der Waals surface area contributed by atoms with Crippen molar-refractivity contribution >= 4 is 6.09 Å². The van der Waals surface area contributed by atoms with Crippen LogP contribution in [0.2, 0.25) is 0 Å². The molecule has 0 radical (unpaired) electrons. The van der Waals surface area contributed by atoms with E-state index in [1.54, 1.807) is 19.1 Å². The number of nitrogens with zero attached hydrogens (tertiary/aromatic N) is 1. The van der Waals surface area contributed by atoms with E-state index in [-0.39, 0.29) is 6.09 Å². The van der Waals surface area contributed by atoms with Crippen LogP contribution in [0.25, 0.3) is 0 Å². The highest BCUT2D eigenvalue weighted by atomic mass is 16.6. The number of carbonyl (C=O) groups is 1. The number of hydrogen-bond acceptors (Lipinski definition) is 4. The summed E-state index contributed by atoms with van der Waals surface area (Å²) in [4.78, 5) is 13.6. The third kappa shape index (κ3) is 3.93. The smallest absolute Gasteiger partial charge is 0.410 e. The molecule has 138 valence electrons. The van der Waals surface area contributed by atoms with E-state index in [0.29, 0.717) is 24.7 Å². The summed E-state index contributed by atoms with van der Waals surface area (Å²) in [5.41, 5.74) is 1.47. The lowest BCUT2D eigenvalue weighted by Crippen LogP contribution is -2.44. The van der Waals surface area contributed by atoms with Gasteiger partial charge in [-0.1, -0.05) is 36.4 Å². The summed E-state index contributed by atoms with van der Waals surface area (Å²) in [6.07, 6.45) is 1.23. The van der Waals surface area contributed by atoms with Crippen molar-refractivity contribution in [3.63, 3.8) is 0 Å². The molecule has 1 aliphatic heterocycles. The van der Waals surface area contributed by atoms with Crippen molar-refractivity contribution in [2.45, 2.75) is 25.4 Å². The molecule has 1 atom stereocenters. The minimum Gasteiger partial charge on any atom is -0.493 e. The molecule has 3 rings (SSSR count). The zero-order valence-corrected chi connectivity index (χ0v) is 15.5. The van der Waals surface area contributed by atoms with Crippen LogP contribution in [0.3, 0.4) is 0 Å². The Morgan fingerprint density at radius 3 is 2.62 bits per heavy atom. The van der Waals surface area contributed by atoms with Crippen LogP contribution in [-0.4, -0.2) is 38.3 Å². The summed E-state index contributed by atoms with van der Waals surface area (Å²) in [5.74, 6) is 1.33. The van der Waals surface area contributed by atoms with E-state index in [4.69, 9.17) is 14.2 Å². The number of methoxy groups -OCH3 is 1. The third-order valence-electron chi connectivity index (χ3n) is 4.81. The van der Waals surface area contributed by atoms with Crippen molar-refractivity contribution in [1.82, 2.24) is 4.90 Å². The highest BCUT2D eigenvalue weighted by Crippen LogP contribution is 2.38. The molecule has 2 aromatic carbocycles. The molecule has 0 saturated carbocycles. The van der Waals surface area contributed by atoms with Gasteiger partial charge in [0.05, 0.1) is 13.7 Å². The lowest BCUT2D eigenvalue weighted by atomic mass is 9.90. The first-order valence-corrected chi connectivity index (χ1v) is 8.81. The predicted molar refractivity (Wildman–Crippen MR) is 99.7 cm³/mol. The fraction of sp³-hybridized carbons (Fsp3) is 0.381. The second kappa shape index (κ2) is 7.68. The highest BCUT2D eigenvalue weighted by molar-refractivity contribution is 5.69. The SMILES string of the molecule is COc1ccc(C2(C)CCN(C)C(=O)O2)cc1OCCc1ccccc1. The Hall–Kier alpha value is -2.69. The van der Waals surface area contributed by atoms with Gasteiger partial charge in [0.25, 0.3) is 0 Å². The summed E-state index contributed by atoms with van der Waals surface area (Å²) in [7, 11) is 3.37. The Labute approximate surface area is 154 Å². The fourth-order valence-electron chi connectivity index (χ4n) is 3.04. The molecule has 1 heterocycles. The number of benzene rings is 2. The van der Waals surface area contributed by atoms with E-state index >= 15 is 0 Å². The molecule has 1 aliphatic rings. The normalized spacial score (nSPS) is 19.8. The summed E-state index contributed by atoms with van der Waals surface area (Å²) >= 11 is 0. The topological polar surface area (TPSA) is 48.0 Å². The monoisotopic (exact) mass is 355 g/mol. The van der Waals surface area contributed by atoms with Crippen molar-refractivity contribution in [1.29, 1.82) is 0 Å². The molecular formula is C21H25NO4. The maximum atomic E-state index is 12.0. The molecule has 1 saturated heterocycles. The van der Waals surface area contributed by atoms with Crippen molar-refractivity contribution in [3.8, 4) is 11.5 Å². The molecule has 0 spiro atoms. The second-order valence-corrected chi connectivity index (χ2v) is 6.72. The molecule has 0 aliphatic carbocycles. The number of carbonyl (C=O) groups excluding carboxylic acids is 1. The van der Waals surface area contributed by atoms with Crippen molar-refractivity contribution in [3.05, 3.63) is 59.7 Å². The zero-order valence-electron chi connectivity index (χ0n) is 15.5. The third-order valence-corrected chi connectivity index (χ3v) is 4.81. The molecule has 5 heteroatoms. The quantitative estimate of drug-likeness (QED) is 0.786. The van der Waals surface area contributed by atoms with Gasteiger partial charge in [0.1, 0.15) is 5.60 Å². The lowest BCUT2D eigenvalue weighted by Gasteiger charge is -2.37. The summed E-state index contributed by atoms with van der Waals surface area (Å²) in [6, 6.07) is 15.9. The van der Waals surface area contributed by atoms with Gasteiger partial charge in [-0.05, 0) is 30.2 Å². The van der Waals surface area contributed by atoms with E-state index in [1.165, 1.54) is 5.56 Å². The van der Waals surface area contributed by atoms with Gasteiger partial charge in [0, 0.05) is 26.4 Å². The molecule has 26 heavy (non-hydrogen) atoms. The Morgan fingerprint density at radius 1 is 1.15 bits per heavy atom. The number of amides is 1. The summed E-state index contributed by atoms with van der Waals surface area (Å²) < 4.78 is 17.1. The summed E-state index contributed by atoms with van der Waals surface area (Å²) in [6.45, 7) is 3.14. The molecule has 0 aromatic heterocycles. The molecule has 1 unspecified atom stereocenters. The van der Waals surface area contributed by atoms with Crippen LogP contribution in [-0.2, 0) is 16.8 Å². The van der Waals surface area contributed by atoms with E-state index in [1.807, 2.05) is 43.3 Å². The Balaban J connectivity index is 1.75. The largest absolute Gasteiger partial charge is 0.493 e. The first kappa shape index (κ1) is 18.1. The average molecular weight is 355 g/mol. The van der Waals surface area contributed by atoms with Crippen molar-refractivity contribution in [2.75, 3.05) is 27.3 Å². The zero-order chi connectivity index (χ0) is 18.6. The Kier molecular flexibility index (Phi) is 5.35. The lowest BCUT2D eigenvalue weighted by molar-refractivity contribution is -0.0352. The van der Waals surface area contributed by atoms with E-state index in [2.05, 4.69) is 12.1 Å². The first-order valence-electron chi connectivity index (χ1n) is 8.81. The van der Waals surface area contributed by atoms with Gasteiger partial charge in [-0.25, -0.2) is 4.79 Å². The molecule has 0 N–H and O–H groups in total. The van der Waals surface area contributed by atoms with Crippen LogP contribution in [0, 0.1) is 0 Å². The van der Waals surface area contributed by atoms with Crippen LogP contribution < -0.4 is 9.47 Å². The van der Waals surface area contributed by atoms with Gasteiger partial charge in [0.2, 0.25) is 0 Å². The van der Waals surface area contributed by atoms with Crippen LogP contribution in [0.5, 0.6) is 11.5 Å². The van der Waals surface area contributed by atoms with Crippen LogP contribution >= 0.6 is 0 Å². The van der Waals surface area contributed by atoms with Crippen LogP contribution in [0.4, 0.5) is 4.79 Å². The van der Waals surface area contributed by atoms with Crippen LogP contribution in [0.1, 0.15) is 24.5 Å². The molecular weight excluding hydrogens is 330 g/mol. The van der Waals surface area contributed by atoms with Crippen molar-refractivity contribution < 1.29 is 19.0 Å². The molecule has 2 aromatic rings. The van der Waals surface area contributed by atoms with E-state index in [0.717, 1.165) is 18.4 Å². The molecule has 0 bridgehead atoms. The van der Waals surface area contributed by atoms with Gasteiger partial charge in [-0.2, -0.15) is 0 Å². The highest BCUT2D eigenvalue weighted by Gasteiger charge is 2.37. The number of ether oxygens (including phenoxy) is 3. The van der Waals surface area contributed by atoms with Crippen molar-refractivity contribution in [2.24, 2.45) is 0 Å². The Bertz CT molecular complexity index is 762. The minimum atomic E-state index is -0.659. The predicted octanol–water partition coefficient (Wildman–Crippen LogP) is 4.00. The molecule has 1 fully saturated rings. The number of cyclic esters (lactones) is 1. The van der Waals surface area contributed by atoms with E-state index < -0.39 is 5.60 Å². The molecule has 1 amide bonds.